The topological polar surface area (TPSA) is 12.0 Å². The highest BCUT2D eigenvalue weighted by Crippen LogP contribution is 2.28. The summed E-state index contributed by atoms with van der Waals surface area (Å²) in [7, 11) is 0. The average molecular weight is 354 g/mol. The van der Waals surface area contributed by atoms with Gasteiger partial charge in [0.1, 0.15) is 11.6 Å². The summed E-state index contributed by atoms with van der Waals surface area (Å²) in [6, 6.07) is 10.0. The lowest BCUT2D eigenvalue weighted by atomic mass is 9.96. The number of aryl methyl sites for hydroxylation is 1. The molecular formula is C17H18BrF2N. The number of nitrogens with one attached hydrogen (secondary N) is 1. The molecule has 4 heteroatoms. The molecule has 0 spiro atoms. The van der Waals surface area contributed by atoms with E-state index in [-0.39, 0.29) is 10.5 Å². The third kappa shape index (κ3) is 3.69. The Hall–Kier alpha value is -1.26. The summed E-state index contributed by atoms with van der Waals surface area (Å²) in [5, 5.41) is 3.22. The molecule has 1 unspecified atom stereocenters. The molecule has 0 fully saturated rings. The summed E-state index contributed by atoms with van der Waals surface area (Å²) in [5.41, 5.74) is 2.47. The maximum Gasteiger partial charge on any atom is 0.137 e. The molecule has 1 N–H and O–H groups in total. The Bertz CT molecular complexity index is 611. The van der Waals surface area contributed by atoms with Crippen LogP contribution in [0.15, 0.2) is 40.9 Å². The van der Waals surface area contributed by atoms with Crippen molar-refractivity contribution in [3.05, 3.63) is 69.2 Å². The first-order valence-electron chi connectivity index (χ1n) is 7.03. The van der Waals surface area contributed by atoms with E-state index in [1.54, 1.807) is 0 Å². The molecule has 0 aliphatic carbocycles. The van der Waals surface area contributed by atoms with Crippen LogP contribution in [0.1, 0.15) is 36.6 Å². The number of hydrogen-bond donors (Lipinski definition) is 1. The summed E-state index contributed by atoms with van der Waals surface area (Å²) >= 11 is 3.01. The molecule has 2 rings (SSSR count). The first-order chi connectivity index (χ1) is 10.1. The largest absolute Gasteiger partial charge is 0.306 e. The number of halogens is 3. The molecule has 0 aromatic heterocycles. The molecule has 1 nitrogen and oxygen atoms in total. The fourth-order valence-electron chi connectivity index (χ4n) is 2.32. The van der Waals surface area contributed by atoms with Crippen LogP contribution in [-0.2, 0) is 6.42 Å². The van der Waals surface area contributed by atoms with Gasteiger partial charge in [-0.1, -0.05) is 38.1 Å². The molecule has 0 bridgehead atoms. The molecule has 0 saturated heterocycles. The standard InChI is InChI=1S/C17H18BrF2N/c1-3-11-5-7-12(8-6-11)17(21-4-2)13-9-16(20)14(18)10-15(13)19/h5-10,17,21H,3-4H2,1-2H3. The van der Waals surface area contributed by atoms with Crippen molar-refractivity contribution in [2.45, 2.75) is 26.3 Å². The number of rotatable bonds is 5. The Labute approximate surface area is 132 Å². The van der Waals surface area contributed by atoms with E-state index in [2.05, 4.69) is 28.2 Å². The van der Waals surface area contributed by atoms with Crippen LogP contribution in [0.3, 0.4) is 0 Å². The molecule has 112 valence electrons. The first kappa shape index (κ1) is 16.1. The molecule has 0 aliphatic rings. The Kier molecular flexibility index (Phi) is 5.48. The second kappa shape index (κ2) is 7.14. The smallest absolute Gasteiger partial charge is 0.137 e. The van der Waals surface area contributed by atoms with Crippen LogP contribution in [0.5, 0.6) is 0 Å². The van der Waals surface area contributed by atoms with E-state index < -0.39 is 11.6 Å². The maximum atomic E-state index is 14.2. The third-order valence-corrected chi connectivity index (χ3v) is 4.09. The second-order valence-electron chi connectivity index (χ2n) is 4.87. The number of benzene rings is 2. The molecule has 2 aromatic carbocycles. The third-order valence-electron chi connectivity index (χ3n) is 3.48. The summed E-state index contributed by atoms with van der Waals surface area (Å²) in [5.74, 6) is -0.881. The summed E-state index contributed by atoms with van der Waals surface area (Å²) in [6.07, 6.45) is 0.952. The Morgan fingerprint density at radius 3 is 2.29 bits per heavy atom. The van der Waals surface area contributed by atoms with Gasteiger partial charge in [-0.25, -0.2) is 8.78 Å². The molecule has 21 heavy (non-hydrogen) atoms. The van der Waals surface area contributed by atoms with Crippen molar-refractivity contribution in [2.24, 2.45) is 0 Å². The van der Waals surface area contributed by atoms with Crippen LogP contribution in [0.25, 0.3) is 0 Å². The zero-order valence-corrected chi connectivity index (χ0v) is 13.7. The minimum atomic E-state index is -0.459. The predicted molar refractivity (Wildman–Crippen MR) is 85.4 cm³/mol. The summed E-state index contributed by atoms with van der Waals surface area (Å²) in [4.78, 5) is 0. The van der Waals surface area contributed by atoms with Crippen LogP contribution in [-0.4, -0.2) is 6.54 Å². The lowest BCUT2D eigenvalue weighted by molar-refractivity contribution is 0.542. The minimum Gasteiger partial charge on any atom is -0.306 e. The van der Waals surface area contributed by atoms with Gasteiger partial charge >= 0.3 is 0 Å². The fraction of sp³-hybridized carbons (Fsp3) is 0.294. The highest BCUT2D eigenvalue weighted by atomic mass is 79.9. The van der Waals surface area contributed by atoms with E-state index in [0.717, 1.165) is 12.0 Å². The molecule has 2 aromatic rings. The maximum absolute atomic E-state index is 14.2. The Balaban J connectivity index is 2.44. The SMILES string of the molecule is CCNC(c1ccc(CC)cc1)c1cc(F)c(Br)cc1F. The lowest BCUT2D eigenvalue weighted by Gasteiger charge is -2.20. The summed E-state index contributed by atoms with van der Waals surface area (Å²) < 4.78 is 28.1. The van der Waals surface area contributed by atoms with E-state index in [0.29, 0.717) is 12.1 Å². The average Bonchev–Trinajstić information content (AvgIpc) is 2.49. The van der Waals surface area contributed by atoms with Crippen LogP contribution < -0.4 is 5.32 Å². The van der Waals surface area contributed by atoms with E-state index >= 15 is 0 Å². The zero-order chi connectivity index (χ0) is 15.4. The van der Waals surface area contributed by atoms with Crippen LogP contribution in [0.4, 0.5) is 8.78 Å². The van der Waals surface area contributed by atoms with Gasteiger partial charge < -0.3 is 5.32 Å². The van der Waals surface area contributed by atoms with Gasteiger partial charge in [0.2, 0.25) is 0 Å². The quantitative estimate of drug-likeness (QED) is 0.746. The zero-order valence-electron chi connectivity index (χ0n) is 12.1. The van der Waals surface area contributed by atoms with Gasteiger partial charge in [0.25, 0.3) is 0 Å². The molecule has 0 aliphatic heterocycles. The highest BCUT2D eigenvalue weighted by molar-refractivity contribution is 9.10. The predicted octanol–water partition coefficient (Wildman–Crippen LogP) is 4.99. The van der Waals surface area contributed by atoms with Gasteiger partial charge in [0, 0.05) is 5.56 Å². The van der Waals surface area contributed by atoms with Crippen molar-refractivity contribution in [1.82, 2.24) is 5.32 Å². The van der Waals surface area contributed by atoms with Crippen LogP contribution in [0, 0.1) is 11.6 Å². The van der Waals surface area contributed by atoms with Gasteiger partial charge in [-0.2, -0.15) is 0 Å². The molecule has 0 heterocycles. The van der Waals surface area contributed by atoms with E-state index in [9.17, 15) is 8.78 Å². The molecule has 0 amide bonds. The van der Waals surface area contributed by atoms with Crippen molar-refractivity contribution in [3.63, 3.8) is 0 Å². The Morgan fingerprint density at radius 2 is 1.71 bits per heavy atom. The van der Waals surface area contributed by atoms with Crippen LogP contribution >= 0.6 is 15.9 Å². The fourth-order valence-corrected chi connectivity index (χ4v) is 2.63. The monoisotopic (exact) mass is 353 g/mol. The normalized spacial score (nSPS) is 12.4. The van der Waals surface area contributed by atoms with Gasteiger partial charge in [-0.05, 0) is 52.2 Å². The van der Waals surface area contributed by atoms with Gasteiger partial charge in [0.15, 0.2) is 0 Å². The second-order valence-corrected chi connectivity index (χ2v) is 5.73. The van der Waals surface area contributed by atoms with Crippen molar-refractivity contribution in [1.29, 1.82) is 0 Å². The number of hydrogen-bond acceptors (Lipinski definition) is 1. The minimum absolute atomic E-state index is 0.139. The molecule has 0 saturated carbocycles. The molecular weight excluding hydrogens is 336 g/mol. The van der Waals surface area contributed by atoms with E-state index in [4.69, 9.17) is 0 Å². The van der Waals surface area contributed by atoms with Gasteiger partial charge in [-0.15, -0.1) is 0 Å². The van der Waals surface area contributed by atoms with Gasteiger partial charge in [-0.3, -0.25) is 0 Å². The van der Waals surface area contributed by atoms with Crippen molar-refractivity contribution in [3.8, 4) is 0 Å². The molecule has 0 radical (unpaired) electrons. The van der Waals surface area contributed by atoms with Crippen LogP contribution in [0.2, 0.25) is 0 Å². The van der Waals surface area contributed by atoms with E-state index in [1.807, 2.05) is 31.2 Å². The van der Waals surface area contributed by atoms with Gasteiger partial charge in [0.05, 0.1) is 10.5 Å². The molecule has 1 atom stereocenters. The van der Waals surface area contributed by atoms with E-state index in [1.165, 1.54) is 17.7 Å². The summed E-state index contributed by atoms with van der Waals surface area (Å²) in [6.45, 7) is 4.69. The first-order valence-corrected chi connectivity index (χ1v) is 7.82. The van der Waals surface area contributed by atoms with Crippen molar-refractivity contribution >= 4 is 15.9 Å². The highest BCUT2D eigenvalue weighted by Gasteiger charge is 2.19. The van der Waals surface area contributed by atoms with Crippen molar-refractivity contribution < 1.29 is 8.78 Å². The lowest BCUT2D eigenvalue weighted by Crippen LogP contribution is -2.23. The van der Waals surface area contributed by atoms with Crippen molar-refractivity contribution in [2.75, 3.05) is 6.54 Å². The Morgan fingerprint density at radius 1 is 1.05 bits per heavy atom.